The molecule has 14 heteroatoms. The van der Waals surface area contributed by atoms with Crippen molar-refractivity contribution in [2.75, 3.05) is 31.6 Å². The highest BCUT2D eigenvalue weighted by Crippen LogP contribution is 2.30. The lowest BCUT2D eigenvalue weighted by atomic mass is 9.93. The number of rotatable bonds is 9. The minimum Gasteiger partial charge on any atom is -0.473 e. The predicted octanol–water partition coefficient (Wildman–Crippen LogP) is 8.19. The van der Waals surface area contributed by atoms with E-state index in [-0.39, 0.29) is 29.5 Å². The zero-order valence-corrected chi connectivity index (χ0v) is 29.2. The van der Waals surface area contributed by atoms with Crippen LogP contribution < -0.4 is 10.1 Å². The molecule has 2 aliphatic rings. The van der Waals surface area contributed by atoms with Gasteiger partial charge in [0.05, 0.1) is 23.1 Å². The van der Waals surface area contributed by atoms with Crippen molar-refractivity contribution in [1.82, 2.24) is 29.6 Å². The fraction of sp³-hybridized carbons (Fsp3) is 0.316. The maximum absolute atomic E-state index is 14.2. The van der Waals surface area contributed by atoms with Crippen LogP contribution >= 0.6 is 11.6 Å². The van der Waals surface area contributed by atoms with Crippen LogP contribution in [0.1, 0.15) is 64.7 Å². The first-order chi connectivity index (χ1) is 25.2. The first-order valence-electron chi connectivity index (χ1n) is 17.1. The van der Waals surface area contributed by atoms with Gasteiger partial charge in [-0.05, 0) is 86.9 Å². The average Bonchev–Trinajstić information content (AvgIpc) is 3.67. The normalized spacial score (nSPS) is 15.0. The van der Waals surface area contributed by atoms with Crippen molar-refractivity contribution < 1.29 is 27.4 Å². The van der Waals surface area contributed by atoms with Crippen molar-refractivity contribution in [3.8, 4) is 5.88 Å². The number of hydrogen-bond donors (Lipinski definition) is 2. The molecule has 3 aromatic heterocycles. The van der Waals surface area contributed by atoms with Crippen molar-refractivity contribution >= 4 is 45.1 Å². The summed E-state index contributed by atoms with van der Waals surface area (Å²) in [5.41, 5.74) is 3.88. The van der Waals surface area contributed by atoms with E-state index in [0.29, 0.717) is 45.3 Å². The van der Waals surface area contributed by atoms with E-state index >= 15 is 0 Å². The summed E-state index contributed by atoms with van der Waals surface area (Å²) in [6.07, 6.45) is 0.406. The molecule has 52 heavy (non-hydrogen) atoms. The number of benzene rings is 3. The molecule has 10 nitrogen and oxygen atoms in total. The highest BCUT2D eigenvalue weighted by Gasteiger charge is 2.24. The lowest BCUT2D eigenvalue weighted by Gasteiger charge is -2.31. The van der Waals surface area contributed by atoms with Gasteiger partial charge in [0.25, 0.3) is 12.3 Å². The molecule has 0 spiro atoms. The van der Waals surface area contributed by atoms with Gasteiger partial charge in [0.15, 0.2) is 0 Å². The molecule has 0 aliphatic carbocycles. The van der Waals surface area contributed by atoms with E-state index in [4.69, 9.17) is 31.0 Å². The fourth-order valence-electron chi connectivity index (χ4n) is 6.27. The number of imidazole rings is 1. The van der Waals surface area contributed by atoms with Gasteiger partial charge in [-0.15, -0.1) is 0 Å². The van der Waals surface area contributed by atoms with Crippen LogP contribution in [0.3, 0.4) is 0 Å². The number of carbonyl (C=O) groups excluding carboxylic acids is 1. The second-order valence-electron chi connectivity index (χ2n) is 12.9. The van der Waals surface area contributed by atoms with Crippen molar-refractivity contribution in [2.24, 2.45) is 7.05 Å². The van der Waals surface area contributed by atoms with Gasteiger partial charge in [0, 0.05) is 65.2 Å². The second kappa shape index (κ2) is 15.7. The van der Waals surface area contributed by atoms with Gasteiger partial charge < -0.3 is 19.4 Å². The Labute approximate surface area is 302 Å². The van der Waals surface area contributed by atoms with E-state index in [1.54, 1.807) is 42.5 Å². The Morgan fingerprint density at radius 2 is 1.83 bits per heavy atom. The molecule has 0 bridgehead atoms. The van der Waals surface area contributed by atoms with E-state index in [2.05, 4.69) is 20.4 Å². The number of hydrogen-bond acceptors (Lipinski definition) is 7. The number of amides is 1. The Balaban J connectivity index is 0.000000985. The fourth-order valence-corrected chi connectivity index (χ4v) is 6.43. The number of aromatic amines is 1. The Morgan fingerprint density at radius 3 is 2.56 bits per heavy atom. The molecule has 2 N–H and O–H groups in total. The van der Waals surface area contributed by atoms with Gasteiger partial charge in [0.2, 0.25) is 5.88 Å². The monoisotopic (exact) mass is 731 g/mol. The molecular formula is C38H37ClF3N7O3. The minimum atomic E-state index is -2.71. The quantitative estimate of drug-likeness (QED) is 0.154. The van der Waals surface area contributed by atoms with Gasteiger partial charge in [-0.2, -0.15) is 5.10 Å². The molecule has 0 unspecified atom stereocenters. The van der Waals surface area contributed by atoms with Crippen molar-refractivity contribution in [2.45, 2.75) is 44.8 Å². The Kier molecular flexibility index (Phi) is 10.7. The van der Waals surface area contributed by atoms with Gasteiger partial charge in [-0.3, -0.25) is 14.8 Å². The van der Waals surface area contributed by atoms with Crippen LogP contribution in [0.5, 0.6) is 5.88 Å². The molecule has 1 amide bonds. The number of nitrogens with zero attached hydrogens (tertiary/aromatic N) is 5. The molecule has 270 valence electrons. The lowest BCUT2D eigenvalue weighted by Crippen LogP contribution is -2.33. The number of alkyl halides is 2. The molecular weight excluding hydrogens is 695 g/mol. The van der Waals surface area contributed by atoms with Crippen LogP contribution in [-0.2, 0) is 24.9 Å². The number of anilines is 1. The molecule has 2 aliphatic heterocycles. The van der Waals surface area contributed by atoms with Crippen LogP contribution in [-0.4, -0.2) is 61.8 Å². The summed E-state index contributed by atoms with van der Waals surface area (Å²) in [5, 5.41) is 9.65. The number of fused-ring (bicyclic) bond motifs is 2. The predicted molar refractivity (Wildman–Crippen MR) is 192 cm³/mol. The molecule has 8 rings (SSSR count). The van der Waals surface area contributed by atoms with E-state index in [0.717, 1.165) is 56.2 Å². The van der Waals surface area contributed by atoms with Gasteiger partial charge in [0.1, 0.15) is 23.9 Å². The molecule has 2 fully saturated rings. The van der Waals surface area contributed by atoms with Gasteiger partial charge >= 0.3 is 0 Å². The number of halogens is 4. The Morgan fingerprint density at radius 1 is 1.04 bits per heavy atom. The third-order valence-electron chi connectivity index (χ3n) is 9.38. The number of aromatic nitrogens is 5. The first kappa shape index (κ1) is 35.4. The van der Waals surface area contributed by atoms with Crippen LogP contribution in [0.4, 0.5) is 18.9 Å². The molecule has 3 aromatic carbocycles. The number of aryl methyl sites for hydroxylation is 1. The summed E-state index contributed by atoms with van der Waals surface area (Å²) in [7, 11) is 1.96. The van der Waals surface area contributed by atoms with E-state index in [9.17, 15) is 18.0 Å². The van der Waals surface area contributed by atoms with Crippen molar-refractivity contribution in [1.29, 1.82) is 0 Å². The topological polar surface area (TPSA) is 110 Å². The van der Waals surface area contributed by atoms with E-state index in [1.165, 1.54) is 18.6 Å². The van der Waals surface area contributed by atoms with E-state index < -0.39 is 12.2 Å². The second-order valence-corrected chi connectivity index (χ2v) is 13.3. The number of likely N-dealkylation sites (tertiary alicyclic amines) is 1. The highest BCUT2D eigenvalue weighted by molar-refractivity contribution is 6.30. The summed E-state index contributed by atoms with van der Waals surface area (Å²) in [6.45, 7) is 4.44. The number of pyridine rings is 1. The molecule has 5 heterocycles. The standard InChI is InChI=1S/C35H31ClF3N7O2.C3H6O/c1-45-30-10-6-21(35(47)40-24-8-9-28-25(17-24)33(34(38)39)44-43-28)15-29(30)41-31(45)18-46-13-11-20(12-14-46)27-3-2-4-32(42-27)48-19-22-5-7-23(36)16-26(22)37;1-2-4-3-1/h2-10,15-17,20,34H,11-14,18-19H2,1H3,(H,40,47)(H,43,44);1-3H2. The lowest BCUT2D eigenvalue weighted by molar-refractivity contribution is 0.0367. The molecule has 2 saturated heterocycles. The van der Waals surface area contributed by atoms with E-state index in [1.807, 2.05) is 29.8 Å². The minimum absolute atomic E-state index is 0.0642. The van der Waals surface area contributed by atoms with Crippen LogP contribution in [0.15, 0.2) is 72.8 Å². The molecule has 6 aromatic rings. The third kappa shape index (κ3) is 8.06. The maximum atomic E-state index is 14.2. The largest absolute Gasteiger partial charge is 0.473 e. The SMILES string of the molecule is C1COC1.Cn1c(CN2CCC(c3cccc(OCc4ccc(Cl)cc4F)n3)CC2)nc2cc(C(=O)Nc3ccc4n[nH]c(C(F)F)c4c3)ccc21. The Bertz CT molecular complexity index is 2190. The molecule has 0 radical (unpaired) electrons. The zero-order chi connectivity index (χ0) is 36.2. The van der Waals surface area contributed by atoms with Gasteiger partial charge in [-0.1, -0.05) is 23.7 Å². The van der Waals surface area contributed by atoms with Crippen molar-refractivity contribution in [3.05, 3.63) is 112 Å². The highest BCUT2D eigenvalue weighted by atomic mass is 35.5. The first-order valence-corrected chi connectivity index (χ1v) is 17.5. The number of H-pyrrole nitrogens is 1. The third-order valence-corrected chi connectivity index (χ3v) is 9.61. The smallest absolute Gasteiger partial charge is 0.280 e. The zero-order valence-electron chi connectivity index (χ0n) is 28.4. The van der Waals surface area contributed by atoms with Crippen LogP contribution in [0, 0.1) is 5.82 Å². The number of ether oxygens (including phenoxy) is 2. The van der Waals surface area contributed by atoms with Crippen LogP contribution in [0.2, 0.25) is 5.02 Å². The summed E-state index contributed by atoms with van der Waals surface area (Å²) < 4.78 is 53.3. The summed E-state index contributed by atoms with van der Waals surface area (Å²) in [6, 6.07) is 20.2. The number of carbonyl (C=O) groups is 1. The summed E-state index contributed by atoms with van der Waals surface area (Å²) in [4.78, 5) is 25.0. The number of nitrogens with one attached hydrogen (secondary N) is 2. The van der Waals surface area contributed by atoms with Gasteiger partial charge in [-0.25, -0.2) is 23.1 Å². The summed E-state index contributed by atoms with van der Waals surface area (Å²) >= 11 is 5.85. The molecule has 0 atom stereocenters. The van der Waals surface area contributed by atoms with Crippen molar-refractivity contribution in [3.63, 3.8) is 0 Å². The number of piperidine rings is 1. The Hall–Kier alpha value is -4.98. The summed E-state index contributed by atoms with van der Waals surface area (Å²) in [5.74, 6) is 0.833. The maximum Gasteiger partial charge on any atom is 0.280 e. The average molecular weight is 732 g/mol. The van der Waals surface area contributed by atoms with Crippen LogP contribution in [0.25, 0.3) is 21.9 Å². The molecule has 0 saturated carbocycles.